The molecule has 4 nitrogen and oxygen atoms in total. The van der Waals surface area contributed by atoms with Gasteiger partial charge in [-0.25, -0.2) is 4.85 Å². The van der Waals surface area contributed by atoms with Crippen LogP contribution in [0.1, 0.15) is 16.7 Å². The van der Waals surface area contributed by atoms with E-state index < -0.39 is 0 Å². The number of nitrogens with zero attached hydrogens (tertiary/aromatic N) is 2. The smallest absolute Gasteiger partial charge is 0.258 e. The molecular formula is C11H10N2O2. The van der Waals surface area contributed by atoms with Crippen molar-refractivity contribution in [2.75, 3.05) is 0 Å². The van der Waals surface area contributed by atoms with Gasteiger partial charge in [-0.2, -0.15) is 0 Å². The molecule has 0 unspecified atom stereocenters. The molecular weight excluding hydrogens is 192 g/mol. The lowest BCUT2D eigenvalue weighted by molar-refractivity contribution is -0.386. The van der Waals surface area contributed by atoms with Crippen LogP contribution in [0, 0.1) is 30.5 Å². The lowest BCUT2D eigenvalue weighted by atomic mass is 10.0. The SMILES string of the molecule is [C-]#[N+]/C=C\c1cc(C)c([N+](=O)[O-])c(C)c1. The largest absolute Gasteiger partial charge is 0.275 e. The van der Waals surface area contributed by atoms with Gasteiger partial charge in [0.05, 0.1) is 11.5 Å². The molecule has 0 fully saturated rings. The Labute approximate surface area is 87.8 Å². The molecule has 0 bridgehead atoms. The predicted octanol–water partition coefficient (Wildman–Crippen LogP) is 3.10. The van der Waals surface area contributed by atoms with Crippen LogP contribution in [0.15, 0.2) is 18.3 Å². The molecule has 0 amide bonds. The molecule has 1 rings (SSSR count). The van der Waals surface area contributed by atoms with Gasteiger partial charge in [0.15, 0.2) is 6.20 Å². The number of hydrogen-bond acceptors (Lipinski definition) is 2. The Morgan fingerprint density at radius 2 is 1.93 bits per heavy atom. The summed E-state index contributed by atoms with van der Waals surface area (Å²) in [6, 6.07) is 3.40. The molecule has 0 aromatic heterocycles. The zero-order valence-electron chi connectivity index (χ0n) is 8.52. The first-order valence-corrected chi connectivity index (χ1v) is 4.35. The second kappa shape index (κ2) is 4.38. The molecule has 1 aromatic rings. The molecule has 1 aromatic carbocycles. The molecule has 0 aliphatic carbocycles. The van der Waals surface area contributed by atoms with E-state index in [1.54, 1.807) is 32.1 Å². The highest BCUT2D eigenvalue weighted by Gasteiger charge is 2.14. The van der Waals surface area contributed by atoms with Crippen LogP contribution < -0.4 is 0 Å². The zero-order chi connectivity index (χ0) is 11.4. The molecule has 4 heteroatoms. The fraction of sp³-hybridized carbons (Fsp3) is 0.182. The van der Waals surface area contributed by atoms with Gasteiger partial charge in [-0.1, -0.05) is 6.08 Å². The van der Waals surface area contributed by atoms with E-state index in [4.69, 9.17) is 6.57 Å². The van der Waals surface area contributed by atoms with Gasteiger partial charge in [0.1, 0.15) is 0 Å². The quantitative estimate of drug-likeness (QED) is 0.420. The molecule has 0 atom stereocenters. The molecule has 76 valence electrons. The Balaban J connectivity index is 3.27. The third-order valence-electron chi connectivity index (χ3n) is 2.04. The summed E-state index contributed by atoms with van der Waals surface area (Å²) in [4.78, 5) is 13.4. The highest BCUT2D eigenvalue weighted by molar-refractivity contribution is 5.59. The summed E-state index contributed by atoms with van der Waals surface area (Å²) in [5.41, 5.74) is 2.19. The third kappa shape index (κ3) is 2.41. The van der Waals surface area contributed by atoms with Crippen molar-refractivity contribution in [3.63, 3.8) is 0 Å². The van der Waals surface area contributed by atoms with Crippen LogP contribution in [-0.2, 0) is 0 Å². The van der Waals surface area contributed by atoms with Crippen LogP contribution in [0.4, 0.5) is 5.69 Å². The van der Waals surface area contributed by atoms with Gasteiger partial charge in [-0.05, 0) is 31.5 Å². The lowest BCUT2D eigenvalue weighted by Gasteiger charge is -2.02. The minimum atomic E-state index is -0.382. The Morgan fingerprint density at radius 3 is 2.33 bits per heavy atom. The summed E-state index contributed by atoms with van der Waals surface area (Å²) >= 11 is 0. The normalized spacial score (nSPS) is 10.2. The number of hydrogen-bond donors (Lipinski definition) is 0. The molecule has 0 radical (unpaired) electrons. The Hall–Kier alpha value is -2.15. The molecule has 15 heavy (non-hydrogen) atoms. The number of nitro groups is 1. The van der Waals surface area contributed by atoms with Crippen molar-refractivity contribution < 1.29 is 4.92 Å². The van der Waals surface area contributed by atoms with Gasteiger partial charge in [0.25, 0.3) is 5.69 Å². The first-order chi connectivity index (χ1) is 7.06. The standard InChI is InChI=1S/C11H10N2O2/c1-8-6-10(4-5-12-3)7-9(2)11(8)13(14)15/h4-7H,1-2H3/b5-4-. The average Bonchev–Trinajstić information content (AvgIpc) is 2.12. The van der Waals surface area contributed by atoms with Crippen LogP contribution in [0.2, 0.25) is 0 Å². The van der Waals surface area contributed by atoms with E-state index in [0.717, 1.165) is 5.56 Å². The third-order valence-corrected chi connectivity index (χ3v) is 2.04. The summed E-state index contributed by atoms with van der Waals surface area (Å²) in [7, 11) is 0. The zero-order valence-corrected chi connectivity index (χ0v) is 8.52. The molecule has 0 spiro atoms. The van der Waals surface area contributed by atoms with Gasteiger partial charge < -0.3 is 0 Å². The minimum Gasteiger partial charge on any atom is -0.258 e. The number of rotatable bonds is 2. The topological polar surface area (TPSA) is 47.5 Å². The van der Waals surface area contributed by atoms with Crippen LogP contribution >= 0.6 is 0 Å². The van der Waals surface area contributed by atoms with Gasteiger partial charge in [-0.15, -0.1) is 0 Å². The Bertz CT molecular complexity index is 447. The summed E-state index contributed by atoms with van der Waals surface area (Å²) in [5.74, 6) is 0. The fourth-order valence-electron chi connectivity index (χ4n) is 1.50. The van der Waals surface area contributed by atoms with Gasteiger partial charge in [0.2, 0.25) is 0 Å². The maximum Gasteiger partial charge on any atom is 0.275 e. The molecule has 0 N–H and O–H groups in total. The summed E-state index contributed by atoms with van der Waals surface area (Å²) in [6.07, 6.45) is 2.97. The first kappa shape index (κ1) is 10.9. The van der Waals surface area contributed by atoms with Crippen molar-refractivity contribution in [3.8, 4) is 0 Å². The predicted molar refractivity (Wildman–Crippen MR) is 58.2 cm³/mol. The lowest BCUT2D eigenvalue weighted by Crippen LogP contribution is -1.95. The second-order valence-corrected chi connectivity index (χ2v) is 3.21. The molecule has 0 heterocycles. The Morgan fingerprint density at radius 1 is 1.40 bits per heavy atom. The monoisotopic (exact) mass is 202 g/mol. The highest BCUT2D eigenvalue weighted by atomic mass is 16.6. The van der Waals surface area contributed by atoms with E-state index >= 15 is 0 Å². The van der Waals surface area contributed by atoms with Crippen molar-refractivity contribution in [1.29, 1.82) is 0 Å². The fourth-order valence-corrected chi connectivity index (χ4v) is 1.50. The van der Waals surface area contributed by atoms with Crippen molar-refractivity contribution in [1.82, 2.24) is 0 Å². The van der Waals surface area contributed by atoms with E-state index in [1.165, 1.54) is 6.20 Å². The van der Waals surface area contributed by atoms with E-state index in [2.05, 4.69) is 4.85 Å². The number of nitro benzene ring substituents is 1. The van der Waals surface area contributed by atoms with Gasteiger partial charge in [0, 0.05) is 11.1 Å². The van der Waals surface area contributed by atoms with Crippen molar-refractivity contribution in [2.45, 2.75) is 13.8 Å². The summed E-state index contributed by atoms with van der Waals surface area (Å²) in [5, 5.41) is 10.7. The van der Waals surface area contributed by atoms with Crippen molar-refractivity contribution in [3.05, 3.63) is 56.6 Å². The molecule has 0 saturated heterocycles. The van der Waals surface area contributed by atoms with Gasteiger partial charge >= 0.3 is 0 Å². The van der Waals surface area contributed by atoms with Crippen molar-refractivity contribution >= 4 is 11.8 Å². The summed E-state index contributed by atoms with van der Waals surface area (Å²) < 4.78 is 0. The first-order valence-electron chi connectivity index (χ1n) is 4.35. The van der Waals surface area contributed by atoms with Crippen molar-refractivity contribution in [2.24, 2.45) is 0 Å². The second-order valence-electron chi connectivity index (χ2n) is 3.21. The van der Waals surface area contributed by atoms with E-state index in [-0.39, 0.29) is 10.6 Å². The summed E-state index contributed by atoms with van der Waals surface area (Å²) in [6.45, 7) is 9.99. The minimum absolute atomic E-state index is 0.148. The van der Waals surface area contributed by atoms with Crippen LogP contribution in [0.25, 0.3) is 10.9 Å². The van der Waals surface area contributed by atoms with Crippen LogP contribution in [0.3, 0.4) is 0 Å². The maximum absolute atomic E-state index is 10.7. The van der Waals surface area contributed by atoms with E-state index in [0.29, 0.717) is 11.1 Å². The average molecular weight is 202 g/mol. The van der Waals surface area contributed by atoms with Crippen LogP contribution in [0.5, 0.6) is 0 Å². The molecule has 0 aliphatic rings. The van der Waals surface area contributed by atoms with E-state index in [1.807, 2.05) is 0 Å². The van der Waals surface area contributed by atoms with Gasteiger partial charge in [-0.3, -0.25) is 10.1 Å². The Kier molecular flexibility index (Phi) is 3.19. The molecule has 0 saturated carbocycles. The van der Waals surface area contributed by atoms with E-state index in [9.17, 15) is 10.1 Å². The molecule has 0 aliphatic heterocycles. The highest BCUT2D eigenvalue weighted by Crippen LogP contribution is 2.24. The number of aryl methyl sites for hydroxylation is 2. The maximum atomic E-state index is 10.7. The van der Waals surface area contributed by atoms with Crippen LogP contribution in [-0.4, -0.2) is 4.92 Å². The number of benzene rings is 1.